The molecule has 0 bridgehead atoms. The molecule has 54 heavy (non-hydrogen) atoms. The van der Waals surface area contributed by atoms with Crippen LogP contribution in [0.25, 0.3) is 33.7 Å². The van der Waals surface area contributed by atoms with Gasteiger partial charge in [0.05, 0.1) is 12.2 Å². The molecule has 1 unspecified atom stereocenters. The quantitative estimate of drug-likeness (QED) is 0.0431. The summed E-state index contributed by atoms with van der Waals surface area (Å²) in [5.74, 6) is -0.279. The average Bonchev–Trinajstić information content (AvgIpc) is 3.19. The van der Waals surface area contributed by atoms with Gasteiger partial charge in [0.2, 0.25) is 0 Å². The molecule has 9 nitrogen and oxygen atoms in total. The number of rotatable bonds is 9. The fraction of sp³-hybridized carbons (Fsp3) is 0.178. The standard InChI is InChI=1S/C14H20N2.C11H15NO2.2C10H10N2/c1-5-10(4)16-14-9-8-13(15)11(6-2)12(14)7-3;1-2-3-8-14-11(13)9-4-6-10(12)7-5-9;2*11-9-5-6-10(12)8-4-2-1-3-7(8)9/h6-10,16H,2-3,5,15H2,1,4H3;4-7H,2-3,8,12H2,1H3;2*1-6H,11-12H2. The number of nitrogens with two attached hydrogens (primary N) is 6. The summed E-state index contributed by atoms with van der Waals surface area (Å²) in [5, 5.41) is 7.54. The monoisotopic (exact) mass is 725 g/mol. The molecule has 0 aromatic heterocycles. The highest BCUT2D eigenvalue weighted by Gasteiger charge is 2.09. The highest BCUT2D eigenvalue weighted by Crippen LogP contribution is 2.29. The number of esters is 1. The molecule has 0 saturated heterocycles. The van der Waals surface area contributed by atoms with Crippen LogP contribution in [-0.2, 0) is 4.74 Å². The minimum absolute atomic E-state index is 0.279. The molecule has 9 heteroatoms. The van der Waals surface area contributed by atoms with Crippen molar-refractivity contribution in [3.8, 4) is 0 Å². The van der Waals surface area contributed by atoms with Gasteiger partial charge in [0.15, 0.2) is 0 Å². The van der Waals surface area contributed by atoms with Crippen molar-refractivity contribution in [1.82, 2.24) is 0 Å². The summed E-state index contributed by atoms with van der Waals surface area (Å²) in [4.78, 5) is 11.4. The van der Waals surface area contributed by atoms with Crippen molar-refractivity contribution >= 4 is 79.5 Å². The Morgan fingerprint density at radius 2 is 1.06 bits per heavy atom. The lowest BCUT2D eigenvalue weighted by molar-refractivity contribution is 0.0499. The third-order valence-corrected chi connectivity index (χ3v) is 8.60. The molecule has 0 aliphatic rings. The fourth-order valence-electron chi connectivity index (χ4n) is 5.30. The normalized spacial score (nSPS) is 10.6. The Bertz CT molecular complexity index is 1980. The Morgan fingerprint density at radius 1 is 0.630 bits per heavy atom. The first kappa shape index (κ1) is 41.8. The Kier molecular flexibility index (Phi) is 16.3. The molecule has 0 fully saturated rings. The van der Waals surface area contributed by atoms with Crippen LogP contribution in [0, 0.1) is 0 Å². The Morgan fingerprint density at radius 3 is 1.44 bits per heavy atom. The van der Waals surface area contributed by atoms with E-state index in [-0.39, 0.29) is 5.97 Å². The minimum Gasteiger partial charge on any atom is -0.462 e. The number of nitrogen functional groups attached to an aromatic ring is 6. The maximum atomic E-state index is 11.4. The molecule has 1 atom stereocenters. The molecule has 0 amide bonds. The summed E-state index contributed by atoms with van der Waals surface area (Å²) in [6, 6.07) is 34.1. The van der Waals surface area contributed by atoms with Crippen LogP contribution < -0.4 is 39.7 Å². The molecule has 0 saturated carbocycles. The molecule has 6 aromatic carbocycles. The van der Waals surface area contributed by atoms with Crippen molar-refractivity contribution in [2.24, 2.45) is 0 Å². The van der Waals surface area contributed by atoms with Crippen molar-refractivity contribution in [1.29, 1.82) is 0 Å². The Hall–Kier alpha value is -6.61. The Labute approximate surface area is 319 Å². The van der Waals surface area contributed by atoms with E-state index in [4.69, 9.17) is 39.1 Å². The van der Waals surface area contributed by atoms with E-state index >= 15 is 0 Å². The molecule has 0 spiro atoms. The zero-order valence-electron chi connectivity index (χ0n) is 31.6. The second kappa shape index (κ2) is 21.0. The number of carbonyl (C=O) groups is 1. The predicted octanol–water partition coefficient (Wildman–Crippen LogP) is 10.00. The summed E-state index contributed by atoms with van der Waals surface area (Å²) >= 11 is 0. The second-order valence-corrected chi connectivity index (χ2v) is 12.6. The van der Waals surface area contributed by atoms with Gasteiger partial charge in [0.1, 0.15) is 0 Å². The SMILES string of the molecule is C=Cc1c(N)ccc(NC(C)CC)c1C=C.CCCCOC(=O)c1ccc(N)cc1.Nc1ccc(N)c2ccccc12.Nc1ccc(N)c2ccccc12. The molecule has 6 aromatic rings. The van der Waals surface area contributed by atoms with E-state index in [2.05, 4.69) is 39.2 Å². The summed E-state index contributed by atoms with van der Waals surface area (Å²) < 4.78 is 5.03. The molecular formula is C45H55N7O2. The first-order chi connectivity index (χ1) is 25.9. The van der Waals surface area contributed by atoms with Gasteiger partial charge in [-0.05, 0) is 80.4 Å². The zero-order chi connectivity index (χ0) is 39.6. The van der Waals surface area contributed by atoms with Crippen molar-refractivity contribution in [3.05, 3.63) is 139 Å². The van der Waals surface area contributed by atoms with Crippen molar-refractivity contribution in [3.63, 3.8) is 0 Å². The largest absolute Gasteiger partial charge is 0.462 e. The van der Waals surface area contributed by atoms with E-state index in [1.807, 2.05) is 91.0 Å². The third kappa shape index (κ3) is 11.7. The number of benzene rings is 6. The van der Waals surface area contributed by atoms with E-state index in [0.29, 0.717) is 23.9 Å². The number of unbranched alkanes of at least 4 members (excludes halogenated alkanes) is 1. The lowest BCUT2D eigenvalue weighted by Gasteiger charge is -2.17. The number of anilines is 7. The maximum absolute atomic E-state index is 11.4. The number of hydrogen-bond acceptors (Lipinski definition) is 9. The number of ether oxygens (including phenoxy) is 1. The number of hydrogen-bond donors (Lipinski definition) is 7. The molecule has 0 aliphatic carbocycles. The summed E-state index contributed by atoms with van der Waals surface area (Å²) in [6.45, 7) is 14.5. The molecule has 0 heterocycles. The molecule has 13 N–H and O–H groups in total. The lowest BCUT2D eigenvalue weighted by Crippen LogP contribution is -2.14. The van der Waals surface area contributed by atoms with Gasteiger partial charge in [-0.2, -0.15) is 0 Å². The number of nitrogens with one attached hydrogen (secondary N) is 1. The van der Waals surface area contributed by atoms with Gasteiger partial charge in [-0.15, -0.1) is 0 Å². The Balaban J connectivity index is 0.000000195. The van der Waals surface area contributed by atoms with Gasteiger partial charge in [-0.1, -0.05) is 94.1 Å². The first-order valence-corrected chi connectivity index (χ1v) is 18.0. The van der Waals surface area contributed by atoms with Crippen LogP contribution in [0.2, 0.25) is 0 Å². The zero-order valence-corrected chi connectivity index (χ0v) is 31.6. The van der Waals surface area contributed by atoms with Gasteiger partial charge >= 0.3 is 5.97 Å². The molecular weight excluding hydrogens is 671 g/mol. The van der Waals surface area contributed by atoms with Crippen molar-refractivity contribution in [2.75, 3.05) is 46.3 Å². The number of fused-ring (bicyclic) bond motifs is 2. The van der Waals surface area contributed by atoms with E-state index in [1.165, 1.54) is 0 Å². The van der Waals surface area contributed by atoms with Gasteiger partial charge < -0.3 is 44.5 Å². The topological polar surface area (TPSA) is 194 Å². The fourth-order valence-corrected chi connectivity index (χ4v) is 5.30. The van der Waals surface area contributed by atoms with Gasteiger partial charge in [0.25, 0.3) is 0 Å². The van der Waals surface area contributed by atoms with E-state index in [9.17, 15) is 4.79 Å². The van der Waals surface area contributed by atoms with Crippen molar-refractivity contribution in [2.45, 2.75) is 46.1 Å². The first-order valence-electron chi connectivity index (χ1n) is 18.0. The van der Waals surface area contributed by atoms with Crippen LogP contribution in [-0.4, -0.2) is 18.6 Å². The molecule has 0 radical (unpaired) electrons. The van der Waals surface area contributed by atoms with E-state index in [0.717, 1.165) is 86.1 Å². The van der Waals surface area contributed by atoms with Crippen LogP contribution in [0.4, 0.5) is 39.8 Å². The summed E-state index contributed by atoms with van der Waals surface area (Å²) in [5.41, 5.74) is 42.5. The van der Waals surface area contributed by atoms with Crippen LogP contribution in [0.5, 0.6) is 0 Å². The summed E-state index contributed by atoms with van der Waals surface area (Å²) in [6.07, 6.45) is 6.59. The molecule has 0 aliphatic heterocycles. The highest BCUT2D eigenvalue weighted by molar-refractivity contribution is 6.01. The molecule has 282 valence electrons. The minimum atomic E-state index is -0.279. The average molecular weight is 726 g/mol. The van der Waals surface area contributed by atoms with Gasteiger partial charge in [-0.3, -0.25) is 0 Å². The van der Waals surface area contributed by atoms with Crippen molar-refractivity contribution < 1.29 is 9.53 Å². The van der Waals surface area contributed by atoms with Gasteiger partial charge in [-0.25, -0.2) is 4.79 Å². The smallest absolute Gasteiger partial charge is 0.338 e. The van der Waals surface area contributed by atoms with E-state index < -0.39 is 0 Å². The van der Waals surface area contributed by atoms with Gasteiger partial charge in [0, 0.05) is 78.5 Å². The van der Waals surface area contributed by atoms with Crippen LogP contribution >= 0.6 is 0 Å². The van der Waals surface area contributed by atoms with Crippen LogP contribution in [0.1, 0.15) is 61.5 Å². The van der Waals surface area contributed by atoms with Crippen LogP contribution in [0.3, 0.4) is 0 Å². The third-order valence-electron chi connectivity index (χ3n) is 8.60. The predicted molar refractivity (Wildman–Crippen MR) is 236 cm³/mol. The lowest BCUT2D eigenvalue weighted by atomic mass is 10.0. The van der Waals surface area contributed by atoms with E-state index in [1.54, 1.807) is 30.3 Å². The van der Waals surface area contributed by atoms with Crippen LogP contribution in [0.15, 0.2) is 122 Å². The molecule has 6 rings (SSSR count). The number of carbonyl (C=O) groups excluding carboxylic acids is 1. The maximum Gasteiger partial charge on any atom is 0.338 e. The second-order valence-electron chi connectivity index (χ2n) is 12.6. The summed E-state index contributed by atoms with van der Waals surface area (Å²) in [7, 11) is 0. The highest BCUT2D eigenvalue weighted by atomic mass is 16.5.